The number of aromatic nitrogens is 1. The first-order valence-electron chi connectivity index (χ1n) is 14.0. The van der Waals surface area contributed by atoms with Crippen LogP contribution in [0.25, 0.3) is 77.3 Å². The molecule has 8 aromatic rings. The summed E-state index contributed by atoms with van der Waals surface area (Å²) in [5.41, 5.74) is 12.1. The summed E-state index contributed by atoms with van der Waals surface area (Å²) in [6, 6.07) is 49.4. The Morgan fingerprint density at radius 1 is 0.476 bits per heavy atom. The summed E-state index contributed by atoms with van der Waals surface area (Å²) < 4.78 is 7.51. The molecule has 2 heterocycles. The van der Waals surface area contributed by atoms with Crippen molar-refractivity contribution >= 4 is 55.4 Å². The molecular formula is C39H24INO. The monoisotopic (exact) mass is 649 g/mol. The third-order valence-electron chi connectivity index (χ3n) is 8.01. The van der Waals surface area contributed by atoms with E-state index in [-0.39, 0.29) is 0 Å². The molecule has 6 aromatic carbocycles. The summed E-state index contributed by atoms with van der Waals surface area (Å²) in [5.74, 6) is 0. The molecule has 0 atom stereocenters. The maximum atomic E-state index is 6.26. The van der Waals surface area contributed by atoms with Gasteiger partial charge in [-0.3, -0.25) is 4.98 Å². The summed E-state index contributed by atoms with van der Waals surface area (Å²) in [7, 11) is 0. The zero-order valence-electron chi connectivity index (χ0n) is 22.6. The Morgan fingerprint density at radius 3 is 1.83 bits per heavy atom. The van der Waals surface area contributed by atoms with Crippen molar-refractivity contribution in [2.24, 2.45) is 0 Å². The van der Waals surface area contributed by atoms with Crippen LogP contribution in [-0.2, 0) is 0 Å². The van der Waals surface area contributed by atoms with E-state index in [0.717, 1.165) is 55.1 Å². The molecule has 2 aromatic heterocycles. The molecule has 42 heavy (non-hydrogen) atoms. The van der Waals surface area contributed by atoms with Gasteiger partial charge in [-0.2, -0.15) is 0 Å². The molecule has 3 heteroatoms. The van der Waals surface area contributed by atoms with Crippen molar-refractivity contribution in [1.82, 2.24) is 4.98 Å². The van der Waals surface area contributed by atoms with E-state index < -0.39 is 0 Å². The number of hydrogen-bond acceptors (Lipinski definition) is 2. The van der Waals surface area contributed by atoms with Gasteiger partial charge in [-0.15, -0.1) is 0 Å². The highest BCUT2D eigenvalue weighted by atomic mass is 127. The summed E-state index contributed by atoms with van der Waals surface area (Å²) >= 11 is 2.34. The molecule has 2 nitrogen and oxygen atoms in total. The summed E-state index contributed by atoms with van der Waals surface area (Å²) in [6.07, 6.45) is 1.97. The van der Waals surface area contributed by atoms with Gasteiger partial charge in [-0.1, -0.05) is 109 Å². The normalized spacial score (nSPS) is 11.5. The van der Waals surface area contributed by atoms with E-state index in [1.165, 1.54) is 25.8 Å². The van der Waals surface area contributed by atoms with Crippen molar-refractivity contribution in [3.8, 4) is 44.5 Å². The van der Waals surface area contributed by atoms with Gasteiger partial charge in [-0.05, 0) is 86.3 Å². The lowest BCUT2D eigenvalue weighted by Crippen LogP contribution is -1.86. The van der Waals surface area contributed by atoms with Gasteiger partial charge in [0.05, 0.1) is 5.52 Å². The van der Waals surface area contributed by atoms with Crippen molar-refractivity contribution in [3.63, 3.8) is 0 Å². The van der Waals surface area contributed by atoms with E-state index in [4.69, 9.17) is 9.40 Å². The quantitative estimate of drug-likeness (QED) is 0.177. The van der Waals surface area contributed by atoms with Crippen molar-refractivity contribution < 1.29 is 4.42 Å². The lowest BCUT2D eigenvalue weighted by Gasteiger charge is -2.09. The highest BCUT2D eigenvalue weighted by Crippen LogP contribution is 2.36. The van der Waals surface area contributed by atoms with E-state index in [1.54, 1.807) is 0 Å². The fourth-order valence-corrected chi connectivity index (χ4v) is 6.13. The molecule has 0 radical (unpaired) electrons. The van der Waals surface area contributed by atoms with Crippen LogP contribution in [0.1, 0.15) is 0 Å². The molecule has 8 rings (SSSR count). The van der Waals surface area contributed by atoms with Crippen LogP contribution < -0.4 is 0 Å². The Kier molecular flexibility index (Phi) is 6.11. The minimum Gasteiger partial charge on any atom is -0.455 e. The zero-order chi connectivity index (χ0) is 28.0. The number of furan rings is 1. The van der Waals surface area contributed by atoms with E-state index in [2.05, 4.69) is 150 Å². The van der Waals surface area contributed by atoms with E-state index in [1.807, 2.05) is 18.3 Å². The van der Waals surface area contributed by atoms with Gasteiger partial charge in [0.25, 0.3) is 0 Å². The average molecular weight is 650 g/mol. The number of nitrogens with zero attached hydrogens (tertiary/aromatic N) is 1. The average Bonchev–Trinajstić information content (AvgIpc) is 3.44. The Balaban J connectivity index is 1.07. The van der Waals surface area contributed by atoms with Gasteiger partial charge < -0.3 is 4.42 Å². The van der Waals surface area contributed by atoms with Crippen LogP contribution >= 0.6 is 22.6 Å². The maximum Gasteiger partial charge on any atom is 0.143 e. The summed E-state index contributed by atoms with van der Waals surface area (Å²) in [5, 5.41) is 3.42. The molecule has 198 valence electrons. The third-order valence-corrected chi connectivity index (χ3v) is 8.73. The third kappa shape index (κ3) is 4.47. The second-order valence-electron chi connectivity index (χ2n) is 10.6. The molecule has 0 saturated heterocycles. The Labute approximate surface area is 257 Å². The van der Waals surface area contributed by atoms with E-state index in [0.29, 0.717) is 0 Å². The highest BCUT2D eigenvalue weighted by molar-refractivity contribution is 14.1. The number of fused-ring (bicyclic) bond motifs is 4. The lowest BCUT2D eigenvalue weighted by atomic mass is 9.97. The van der Waals surface area contributed by atoms with Crippen molar-refractivity contribution in [2.75, 3.05) is 0 Å². The lowest BCUT2D eigenvalue weighted by molar-refractivity contribution is 0.670. The van der Waals surface area contributed by atoms with Crippen molar-refractivity contribution in [1.29, 1.82) is 0 Å². The maximum absolute atomic E-state index is 6.26. The number of para-hydroxylation sites is 2. The molecule has 0 unspecified atom stereocenters. The minimum atomic E-state index is 0.918. The second-order valence-corrected chi connectivity index (χ2v) is 11.8. The molecule has 0 aliphatic heterocycles. The van der Waals surface area contributed by atoms with Crippen LogP contribution in [0.2, 0.25) is 0 Å². The Hall–Kier alpha value is -4.74. The molecule has 0 spiro atoms. The van der Waals surface area contributed by atoms with Gasteiger partial charge >= 0.3 is 0 Å². The van der Waals surface area contributed by atoms with Crippen molar-refractivity contribution in [3.05, 3.63) is 149 Å². The summed E-state index contributed by atoms with van der Waals surface area (Å²) in [4.78, 5) is 4.85. The molecule has 0 saturated carbocycles. The minimum absolute atomic E-state index is 0.918. The van der Waals surface area contributed by atoms with Gasteiger partial charge in [0.1, 0.15) is 11.2 Å². The molecular weight excluding hydrogens is 625 g/mol. The largest absolute Gasteiger partial charge is 0.455 e. The Morgan fingerprint density at radius 2 is 1.07 bits per heavy atom. The van der Waals surface area contributed by atoms with Crippen LogP contribution in [0.15, 0.2) is 150 Å². The van der Waals surface area contributed by atoms with E-state index in [9.17, 15) is 0 Å². The Bertz CT molecular complexity index is 2230. The molecule has 0 aliphatic rings. The van der Waals surface area contributed by atoms with E-state index >= 15 is 0 Å². The predicted octanol–water partition coefficient (Wildman–Crippen LogP) is 11.4. The number of pyridine rings is 1. The molecule has 0 aliphatic carbocycles. The number of hydrogen-bond donors (Lipinski definition) is 0. The predicted molar refractivity (Wildman–Crippen MR) is 183 cm³/mol. The second kappa shape index (κ2) is 10.3. The first-order valence-corrected chi connectivity index (χ1v) is 15.0. The first kappa shape index (κ1) is 25.0. The van der Waals surface area contributed by atoms with Crippen LogP contribution in [0.4, 0.5) is 0 Å². The smallest absolute Gasteiger partial charge is 0.143 e. The van der Waals surface area contributed by atoms with Gasteiger partial charge in [0.15, 0.2) is 0 Å². The molecule has 0 N–H and O–H groups in total. The highest BCUT2D eigenvalue weighted by Gasteiger charge is 2.12. The standard InChI is InChI=1S/C39H24INO/c40-33-20-18-26(19-21-33)25-8-10-27(11-9-25)30-16-17-31-22-32(24-41-37(31)23-30)28-12-14-29(15-13-28)34-5-3-6-36-35-4-1-2-7-38(35)42-39(34)36/h1-24H. The molecule has 0 amide bonds. The molecule has 0 bridgehead atoms. The van der Waals surface area contributed by atoms with Crippen LogP contribution in [0.3, 0.4) is 0 Å². The van der Waals surface area contributed by atoms with Crippen LogP contribution in [0, 0.1) is 3.57 Å². The topological polar surface area (TPSA) is 26.0 Å². The molecule has 0 fully saturated rings. The number of halogens is 1. The van der Waals surface area contributed by atoms with Crippen LogP contribution in [-0.4, -0.2) is 4.98 Å². The number of benzene rings is 6. The van der Waals surface area contributed by atoms with Gasteiger partial charge in [-0.25, -0.2) is 0 Å². The van der Waals surface area contributed by atoms with Crippen LogP contribution in [0.5, 0.6) is 0 Å². The zero-order valence-corrected chi connectivity index (χ0v) is 24.7. The number of rotatable bonds is 4. The first-order chi connectivity index (χ1) is 20.7. The SMILES string of the molecule is Ic1ccc(-c2ccc(-c3ccc4cc(-c5ccc(-c6cccc7c6oc6ccccc67)cc5)cnc4c3)cc2)cc1. The van der Waals surface area contributed by atoms with Gasteiger partial charge in [0, 0.05) is 37.1 Å². The fraction of sp³-hybridized carbons (Fsp3) is 0. The summed E-state index contributed by atoms with van der Waals surface area (Å²) in [6.45, 7) is 0. The van der Waals surface area contributed by atoms with Gasteiger partial charge in [0.2, 0.25) is 0 Å². The fourth-order valence-electron chi connectivity index (χ4n) is 5.77. The van der Waals surface area contributed by atoms with Crippen molar-refractivity contribution in [2.45, 2.75) is 0 Å².